The zero-order valence-corrected chi connectivity index (χ0v) is 10.8. The summed E-state index contributed by atoms with van der Waals surface area (Å²) in [6, 6.07) is 1.84. The quantitative estimate of drug-likeness (QED) is 0.806. The van der Waals surface area contributed by atoms with E-state index >= 15 is 0 Å². The Balaban J connectivity index is 2.21. The van der Waals surface area contributed by atoms with Crippen molar-refractivity contribution in [1.82, 2.24) is 9.97 Å². The van der Waals surface area contributed by atoms with E-state index in [1.54, 1.807) is 7.05 Å². The van der Waals surface area contributed by atoms with Gasteiger partial charge < -0.3 is 10.2 Å². The van der Waals surface area contributed by atoms with Gasteiger partial charge in [0.05, 0.1) is 11.5 Å². The molecule has 1 fully saturated rings. The maximum absolute atomic E-state index is 11.3. The van der Waals surface area contributed by atoms with Crippen LogP contribution in [0.4, 0.5) is 11.6 Å². The Morgan fingerprint density at radius 3 is 2.53 bits per heavy atom. The number of rotatable bonds is 2. The minimum Gasteiger partial charge on any atom is -0.373 e. The number of hydrogen-bond acceptors (Lipinski definition) is 6. The van der Waals surface area contributed by atoms with Crippen LogP contribution in [-0.2, 0) is 9.84 Å². The second-order valence-corrected chi connectivity index (χ2v) is 6.35. The summed E-state index contributed by atoms with van der Waals surface area (Å²) in [6.07, 6.45) is 0. The van der Waals surface area contributed by atoms with E-state index in [2.05, 4.69) is 15.3 Å². The normalized spacial score (nSPS) is 19.1. The summed E-state index contributed by atoms with van der Waals surface area (Å²) in [5, 5.41) is 2.97. The second kappa shape index (κ2) is 4.48. The zero-order chi connectivity index (χ0) is 12.5. The van der Waals surface area contributed by atoms with Crippen LogP contribution in [0.3, 0.4) is 0 Å². The molecule has 1 saturated heterocycles. The van der Waals surface area contributed by atoms with E-state index in [1.165, 1.54) is 0 Å². The highest BCUT2D eigenvalue weighted by molar-refractivity contribution is 7.91. The van der Waals surface area contributed by atoms with Crippen molar-refractivity contribution in [2.75, 3.05) is 41.9 Å². The molecular weight excluding hydrogens is 240 g/mol. The van der Waals surface area contributed by atoms with E-state index in [9.17, 15) is 8.42 Å². The van der Waals surface area contributed by atoms with Crippen LogP contribution in [0.25, 0.3) is 0 Å². The molecule has 94 valence electrons. The van der Waals surface area contributed by atoms with Gasteiger partial charge in [-0.1, -0.05) is 0 Å². The number of hydrogen-bond donors (Lipinski definition) is 1. The van der Waals surface area contributed by atoms with E-state index < -0.39 is 9.84 Å². The van der Waals surface area contributed by atoms with Crippen molar-refractivity contribution in [3.8, 4) is 0 Å². The molecule has 0 amide bonds. The number of aromatic nitrogens is 2. The number of anilines is 2. The van der Waals surface area contributed by atoms with Gasteiger partial charge in [-0.15, -0.1) is 0 Å². The molecule has 1 N–H and O–H groups in total. The molecule has 0 atom stereocenters. The predicted octanol–water partition coefficient (Wildman–Crippen LogP) is 0.0615. The average Bonchev–Trinajstić information content (AvgIpc) is 2.28. The molecule has 1 aliphatic rings. The van der Waals surface area contributed by atoms with Crippen molar-refractivity contribution in [3.63, 3.8) is 0 Å². The highest BCUT2D eigenvalue weighted by atomic mass is 32.2. The minimum atomic E-state index is -2.85. The van der Waals surface area contributed by atoms with Gasteiger partial charge in [-0.3, -0.25) is 0 Å². The molecule has 2 rings (SSSR count). The Morgan fingerprint density at radius 1 is 1.29 bits per heavy atom. The van der Waals surface area contributed by atoms with Crippen molar-refractivity contribution < 1.29 is 8.42 Å². The summed E-state index contributed by atoms with van der Waals surface area (Å²) in [6.45, 7) is 2.83. The zero-order valence-electron chi connectivity index (χ0n) is 9.97. The topological polar surface area (TPSA) is 75.2 Å². The first-order valence-corrected chi connectivity index (χ1v) is 7.31. The average molecular weight is 256 g/mol. The molecule has 0 radical (unpaired) electrons. The molecule has 1 aromatic rings. The molecule has 7 heteroatoms. The van der Waals surface area contributed by atoms with Gasteiger partial charge in [0.1, 0.15) is 17.5 Å². The molecule has 1 aromatic heterocycles. The van der Waals surface area contributed by atoms with Crippen LogP contribution in [0, 0.1) is 6.92 Å². The second-order valence-electron chi connectivity index (χ2n) is 4.05. The van der Waals surface area contributed by atoms with Crippen LogP contribution in [0.1, 0.15) is 5.82 Å². The standard InChI is InChI=1S/C10H16N4O2S/c1-8-12-9(11-2)7-10(13-8)14-3-5-17(15,16)6-4-14/h7H,3-6H2,1-2H3,(H,11,12,13). The van der Waals surface area contributed by atoms with Crippen molar-refractivity contribution >= 4 is 21.5 Å². The Kier molecular flexibility index (Phi) is 3.19. The first kappa shape index (κ1) is 12.1. The number of nitrogens with one attached hydrogen (secondary N) is 1. The van der Waals surface area contributed by atoms with E-state index in [-0.39, 0.29) is 11.5 Å². The van der Waals surface area contributed by atoms with Crippen LogP contribution >= 0.6 is 0 Å². The molecule has 17 heavy (non-hydrogen) atoms. The summed E-state index contributed by atoms with van der Waals surface area (Å²) >= 11 is 0. The first-order valence-electron chi connectivity index (χ1n) is 5.49. The molecule has 0 bridgehead atoms. The van der Waals surface area contributed by atoms with E-state index in [0.717, 1.165) is 11.6 Å². The SMILES string of the molecule is CNc1cc(N2CCS(=O)(=O)CC2)nc(C)n1. The fraction of sp³-hybridized carbons (Fsp3) is 0.600. The summed E-state index contributed by atoms with van der Waals surface area (Å²) in [7, 11) is -1.05. The third-order valence-electron chi connectivity index (χ3n) is 2.75. The van der Waals surface area contributed by atoms with Crippen LogP contribution in [-0.4, -0.2) is 50.0 Å². The lowest BCUT2D eigenvalue weighted by molar-refractivity contribution is 0.586. The lowest BCUT2D eigenvalue weighted by Crippen LogP contribution is -2.40. The van der Waals surface area contributed by atoms with Crippen LogP contribution in [0.15, 0.2) is 6.07 Å². The molecule has 0 aromatic carbocycles. The van der Waals surface area contributed by atoms with Crippen LogP contribution < -0.4 is 10.2 Å². The van der Waals surface area contributed by atoms with Gasteiger partial charge >= 0.3 is 0 Å². The summed E-state index contributed by atoms with van der Waals surface area (Å²) < 4.78 is 22.7. The molecule has 2 heterocycles. The van der Waals surface area contributed by atoms with Gasteiger partial charge in [-0.25, -0.2) is 18.4 Å². The van der Waals surface area contributed by atoms with Crippen molar-refractivity contribution in [2.45, 2.75) is 6.92 Å². The van der Waals surface area contributed by atoms with Gasteiger partial charge in [0.2, 0.25) is 0 Å². The summed E-state index contributed by atoms with van der Waals surface area (Å²) in [5.41, 5.74) is 0. The van der Waals surface area contributed by atoms with Gasteiger partial charge in [0, 0.05) is 26.2 Å². The molecule has 6 nitrogen and oxygen atoms in total. The Labute approximate surface area is 101 Å². The molecule has 0 saturated carbocycles. The Bertz CT molecular complexity index is 501. The van der Waals surface area contributed by atoms with Gasteiger partial charge in [0.15, 0.2) is 9.84 Å². The van der Waals surface area contributed by atoms with Crippen LogP contribution in [0.5, 0.6) is 0 Å². The minimum absolute atomic E-state index is 0.199. The third-order valence-corrected chi connectivity index (χ3v) is 4.36. The monoisotopic (exact) mass is 256 g/mol. The number of sulfone groups is 1. The largest absolute Gasteiger partial charge is 0.373 e. The van der Waals surface area contributed by atoms with Gasteiger partial charge in [-0.2, -0.15) is 0 Å². The maximum atomic E-state index is 11.3. The fourth-order valence-electron chi connectivity index (χ4n) is 1.78. The van der Waals surface area contributed by atoms with Crippen molar-refractivity contribution in [2.24, 2.45) is 0 Å². The molecule has 0 aliphatic carbocycles. The van der Waals surface area contributed by atoms with Crippen LogP contribution in [0.2, 0.25) is 0 Å². The molecule has 0 spiro atoms. The highest BCUT2D eigenvalue weighted by Crippen LogP contribution is 2.17. The molecule has 0 unspecified atom stereocenters. The number of nitrogens with zero attached hydrogens (tertiary/aromatic N) is 3. The fourth-order valence-corrected chi connectivity index (χ4v) is 2.98. The van der Waals surface area contributed by atoms with Gasteiger partial charge in [0.25, 0.3) is 0 Å². The third kappa shape index (κ3) is 2.85. The van der Waals surface area contributed by atoms with E-state index in [0.29, 0.717) is 18.9 Å². The number of aryl methyl sites for hydroxylation is 1. The predicted molar refractivity (Wildman–Crippen MR) is 67.2 cm³/mol. The first-order chi connectivity index (χ1) is 8.00. The Hall–Kier alpha value is -1.37. The summed E-state index contributed by atoms with van der Waals surface area (Å²) in [4.78, 5) is 10.5. The molecule has 1 aliphatic heterocycles. The van der Waals surface area contributed by atoms with E-state index in [4.69, 9.17) is 0 Å². The lowest BCUT2D eigenvalue weighted by atomic mass is 10.4. The van der Waals surface area contributed by atoms with Gasteiger partial charge in [-0.05, 0) is 6.92 Å². The Morgan fingerprint density at radius 2 is 1.94 bits per heavy atom. The molecular formula is C10H16N4O2S. The lowest BCUT2D eigenvalue weighted by Gasteiger charge is -2.28. The summed E-state index contributed by atoms with van der Waals surface area (Å²) in [5.74, 6) is 2.62. The smallest absolute Gasteiger partial charge is 0.153 e. The highest BCUT2D eigenvalue weighted by Gasteiger charge is 2.22. The van der Waals surface area contributed by atoms with E-state index in [1.807, 2.05) is 17.9 Å². The maximum Gasteiger partial charge on any atom is 0.153 e. The van der Waals surface area contributed by atoms with Crippen molar-refractivity contribution in [1.29, 1.82) is 0 Å². The van der Waals surface area contributed by atoms with Crippen molar-refractivity contribution in [3.05, 3.63) is 11.9 Å².